The molecule has 0 aromatic carbocycles. The molecule has 2 saturated heterocycles. The molecular weight excluding hydrogens is 633 g/mol. The van der Waals surface area contributed by atoms with Gasteiger partial charge < -0.3 is 18.3 Å². The summed E-state index contributed by atoms with van der Waals surface area (Å²) >= 11 is 0. The average Bonchev–Trinajstić information content (AvgIpc) is 3.66. The summed E-state index contributed by atoms with van der Waals surface area (Å²) in [5, 5.41) is 0. The van der Waals surface area contributed by atoms with Crippen molar-refractivity contribution in [3.05, 3.63) is 24.3 Å². The summed E-state index contributed by atoms with van der Waals surface area (Å²) in [6.07, 6.45) is 12.1. The Morgan fingerprint density at radius 3 is 1.10 bits per heavy atom. The maximum absolute atomic E-state index is 13.2. The number of hydrogen-bond donors (Lipinski definition) is 0. The molecule has 8 bridgehead atoms. The third kappa shape index (κ3) is 5.60. The van der Waals surface area contributed by atoms with Gasteiger partial charge in [-0.25, -0.2) is 0 Å². The molecule has 2 saturated carbocycles. The molecule has 10 atom stereocenters. The fraction of sp³-hybridized carbons (Fsp3) is 0.850. The lowest BCUT2D eigenvalue weighted by Gasteiger charge is -2.54. The lowest BCUT2D eigenvalue weighted by Crippen LogP contribution is -2.64. The molecule has 6 rings (SSSR count). The Balaban J connectivity index is 0.000000188. The normalized spacial score (nSPS) is 38.7. The Bertz CT molecular complexity index is 1130. The van der Waals surface area contributed by atoms with Crippen LogP contribution in [0.3, 0.4) is 0 Å². The molecule has 0 radical (unpaired) electrons. The summed E-state index contributed by atoms with van der Waals surface area (Å²) in [7, 11) is -4.02. The number of Topliss-reactive ketones (excluding diaryl/α,β-unsaturated/α-hetero) is 2. The van der Waals surface area contributed by atoms with E-state index in [1.807, 2.05) is 0 Å². The van der Waals surface area contributed by atoms with E-state index in [0.29, 0.717) is 44.8 Å². The third-order valence-electron chi connectivity index (χ3n) is 14.2. The minimum Gasteiger partial charge on any atom is -0.412 e. The van der Waals surface area contributed by atoms with Gasteiger partial charge >= 0.3 is 0 Å². The SMILES string of the molecule is CC(C)[Si](O[C@@H]1CC[C@@H]2C(=O)[C@@]1(C)[C@H]1C=C[C@@H]2O1)(C(C)C)C(C)C.CC(C)[Si](O[C@H]1CC[C@@H]2C(=O)[C@@]1(C)[C@H]1C=C[C@@H]2O1)(C(C)C)C(C)C. The highest BCUT2D eigenvalue weighted by molar-refractivity contribution is 6.78. The van der Waals surface area contributed by atoms with Gasteiger partial charge in [-0.3, -0.25) is 9.59 Å². The minimum atomic E-state index is -2.01. The first-order chi connectivity index (χ1) is 22.3. The lowest BCUT2D eigenvalue weighted by atomic mass is 9.63. The molecule has 272 valence electrons. The number of carbonyl (C=O) groups is 2. The molecule has 2 aliphatic carbocycles. The monoisotopic (exact) mass is 700 g/mol. The number of fused-ring (bicyclic) bond motifs is 12. The van der Waals surface area contributed by atoms with Crippen LogP contribution in [0, 0.1) is 22.7 Å². The molecule has 0 spiro atoms. The maximum Gasteiger partial charge on any atom is 0.200 e. The summed E-state index contributed by atoms with van der Waals surface area (Å²) < 4.78 is 26.5. The Morgan fingerprint density at radius 2 is 0.833 bits per heavy atom. The lowest BCUT2D eigenvalue weighted by molar-refractivity contribution is -0.182. The topological polar surface area (TPSA) is 71.1 Å². The first-order valence-corrected chi connectivity index (χ1v) is 23.7. The van der Waals surface area contributed by atoms with Crippen molar-refractivity contribution in [1.82, 2.24) is 0 Å². The number of rotatable bonds is 10. The summed E-state index contributed by atoms with van der Waals surface area (Å²) in [6.45, 7) is 31.9. The van der Waals surface area contributed by atoms with E-state index in [2.05, 4.69) is 121 Å². The zero-order valence-electron chi connectivity index (χ0n) is 32.7. The van der Waals surface area contributed by atoms with Crippen molar-refractivity contribution in [1.29, 1.82) is 0 Å². The van der Waals surface area contributed by atoms with Crippen LogP contribution in [0.5, 0.6) is 0 Å². The minimum absolute atomic E-state index is 0.00573. The molecule has 0 aromatic heterocycles. The summed E-state index contributed by atoms with van der Waals surface area (Å²) in [5.41, 5.74) is 2.17. The molecule has 6 aliphatic rings. The van der Waals surface area contributed by atoms with Crippen molar-refractivity contribution in [2.75, 3.05) is 0 Å². The highest BCUT2D eigenvalue weighted by Crippen LogP contribution is 2.55. The van der Waals surface area contributed by atoms with Gasteiger partial charge in [0.05, 0.1) is 47.5 Å². The second-order valence-corrected chi connectivity index (χ2v) is 29.1. The zero-order valence-corrected chi connectivity index (χ0v) is 34.7. The third-order valence-corrected chi connectivity index (χ3v) is 26.4. The van der Waals surface area contributed by atoms with Gasteiger partial charge in [0, 0.05) is 11.8 Å². The highest BCUT2D eigenvalue weighted by Gasteiger charge is 2.64. The molecular formula is C40H68O6Si2. The molecule has 8 heteroatoms. The van der Waals surface area contributed by atoms with Crippen molar-refractivity contribution < 1.29 is 27.9 Å². The highest BCUT2D eigenvalue weighted by atomic mass is 28.4. The Morgan fingerprint density at radius 1 is 0.542 bits per heavy atom. The van der Waals surface area contributed by atoms with Crippen LogP contribution in [0.1, 0.15) is 123 Å². The van der Waals surface area contributed by atoms with Crippen LogP contribution in [0.2, 0.25) is 33.2 Å². The van der Waals surface area contributed by atoms with Crippen molar-refractivity contribution in [3.63, 3.8) is 0 Å². The maximum atomic E-state index is 13.2. The van der Waals surface area contributed by atoms with Crippen molar-refractivity contribution in [2.45, 2.75) is 192 Å². The van der Waals surface area contributed by atoms with Crippen molar-refractivity contribution in [2.24, 2.45) is 22.7 Å². The van der Waals surface area contributed by atoms with E-state index < -0.39 is 27.5 Å². The molecule has 48 heavy (non-hydrogen) atoms. The van der Waals surface area contributed by atoms with E-state index in [0.717, 1.165) is 25.7 Å². The number of ketones is 2. The van der Waals surface area contributed by atoms with Crippen molar-refractivity contribution in [3.8, 4) is 0 Å². The van der Waals surface area contributed by atoms with E-state index in [4.69, 9.17) is 18.3 Å². The molecule has 0 aromatic rings. The molecule has 0 unspecified atom stereocenters. The van der Waals surface area contributed by atoms with E-state index in [1.165, 1.54) is 0 Å². The van der Waals surface area contributed by atoms with Gasteiger partial charge in [0.2, 0.25) is 16.6 Å². The van der Waals surface area contributed by atoms with Gasteiger partial charge in [0.25, 0.3) is 0 Å². The largest absolute Gasteiger partial charge is 0.412 e. The summed E-state index contributed by atoms with van der Waals surface area (Å²) in [5.74, 6) is 0.837. The second-order valence-electron chi connectivity index (χ2n) is 18.3. The van der Waals surface area contributed by atoms with Gasteiger partial charge in [0.1, 0.15) is 11.6 Å². The number of hydrogen-bond acceptors (Lipinski definition) is 6. The molecule has 4 fully saturated rings. The standard InChI is InChI=1S/2C20H34O3Si/c2*1-12(2)24(13(3)4,14(5)6)23-18-10-8-15-16-9-11-17(22-16)20(18,7)19(15)21/h2*9,11-18H,8,10H2,1-7H3/t15-,16-,17+,18+,20-;15-,16-,17+,18-,20-/m00/s1. The summed E-state index contributed by atoms with van der Waals surface area (Å²) in [4.78, 5) is 26.4. The molecule has 0 amide bonds. The van der Waals surface area contributed by atoms with Gasteiger partial charge in [-0.2, -0.15) is 0 Å². The predicted molar refractivity (Wildman–Crippen MR) is 199 cm³/mol. The second kappa shape index (κ2) is 13.6. The van der Waals surface area contributed by atoms with Crippen LogP contribution in [0.15, 0.2) is 24.3 Å². The number of ether oxygens (including phenoxy) is 2. The quantitative estimate of drug-likeness (QED) is 0.167. The molecule has 4 heterocycles. The Hall–Kier alpha value is -0.906. The van der Waals surface area contributed by atoms with Gasteiger partial charge in [-0.05, 0) is 72.8 Å². The molecule has 6 nitrogen and oxygen atoms in total. The molecule has 0 N–H and O–H groups in total. The van der Waals surface area contributed by atoms with Crippen molar-refractivity contribution >= 4 is 28.2 Å². The molecule has 4 aliphatic heterocycles. The van der Waals surface area contributed by atoms with E-state index >= 15 is 0 Å². The van der Waals surface area contributed by atoms with Crippen LogP contribution in [0.25, 0.3) is 0 Å². The first kappa shape index (κ1) is 38.3. The fourth-order valence-corrected chi connectivity index (χ4v) is 23.0. The Labute approximate surface area is 294 Å². The zero-order chi connectivity index (χ0) is 35.7. The fourth-order valence-electron chi connectivity index (χ4n) is 11.7. The van der Waals surface area contributed by atoms with Crippen LogP contribution in [0.4, 0.5) is 0 Å². The van der Waals surface area contributed by atoms with Crippen LogP contribution in [-0.2, 0) is 27.9 Å². The average molecular weight is 701 g/mol. The van der Waals surface area contributed by atoms with E-state index in [9.17, 15) is 9.59 Å². The van der Waals surface area contributed by atoms with Gasteiger partial charge in [-0.1, -0.05) is 107 Å². The van der Waals surface area contributed by atoms with Crippen LogP contribution in [-0.4, -0.2) is 64.8 Å². The predicted octanol–water partition coefficient (Wildman–Crippen LogP) is 9.74. The van der Waals surface area contributed by atoms with E-state index in [-0.39, 0.29) is 48.5 Å². The van der Waals surface area contributed by atoms with Gasteiger partial charge in [-0.15, -0.1) is 0 Å². The first-order valence-electron chi connectivity index (χ1n) is 19.4. The van der Waals surface area contributed by atoms with Gasteiger partial charge in [0.15, 0.2) is 0 Å². The summed E-state index contributed by atoms with van der Waals surface area (Å²) in [6, 6.07) is 0. The van der Waals surface area contributed by atoms with Crippen LogP contribution >= 0.6 is 0 Å². The smallest absolute Gasteiger partial charge is 0.200 e. The van der Waals surface area contributed by atoms with Crippen LogP contribution < -0.4 is 0 Å². The number of carbonyl (C=O) groups excluding carboxylic acids is 2. The van der Waals surface area contributed by atoms with E-state index in [1.54, 1.807) is 0 Å². The Kier molecular flexibility index (Phi) is 10.8.